The molecular formula is C20H17ClN2O4. The summed E-state index contributed by atoms with van der Waals surface area (Å²) in [5.74, 6) is -1.96. The molecule has 1 aliphatic heterocycles. The van der Waals surface area contributed by atoms with Crippen molar-refractivity contribution in [1.29, 1.82) is 0 Å². The molecule has 0 bridgehead atoms. The minimum atomic E-state index is -0.701. The molecule has 3 rings (SSSR count). The van der Waals surface area contributed by atoms with Gasteiger partial charge < -0.3 is 10.1 Å². The van der Waals surface area contributed by atoms with Gasteiger partial charge >= 0.3 is 5.97 Å². The molecule has 1 aliphatic rings. The number of nitrogens with one attached hydrogen (secondary N) is 1. The highest BCUT2D eigenvalue weighted by Gasteiger charge is 2.40. The molecule has 2 aromatic rings. The molecule has 0 fully saturated rings. The predicted octanol–water partition coefficient (Wildman–Crippen LogP) is 3.61. The Balaban J connectivity index is 1.94. The fourth-order valence-electron chi connectivity index (χ4n) is 2.66. The van der Waals surface area contributed by atoms with Gasteiger partial charge in [0.2, 0.25) is 0 Å². The van der Waals surface area contributed by atoms with E-state index in [1.165, 1.54) is 12.1 Å². The lowest BCUT2D eigenvalue weighted by Crippen LogP contribution is -2.33. The molecule has 0 saturated heterocycles. The van der Waals surface area contributed by atoms with E-state index in [0.29, 0.717) is 5.69 Å². The summed E-state index contributed by atoms with van der Waals surface area (Å²) in [4.78, 5) is 38.6. The van der Waals surface area contributed by atoms with E-state index < -0.39 is 17.8 Å². The Kier molecular flexibility index (Phi) is 5.28. The van der Waals surface area contributed by atoms with Crippen LogP contribution in [-0.4, -0.2) is 24.4 Å². The van der Waals surface area contributed by atoms with Crippen molar-refractivity contribution in [2.45, 2.75) is 13.8 Å². The van der Waals surface area contributed by atoms with Crippen LogP contribution in [0.1, 0.15) is 22.8 Å². The highest BCUT2D eigenvalue weighted by atomic mass is 35.5. The molecule has 27 heavy (non-hydrogen) atoms. The van der Waals surface area contributed by atoms with Crippen molar-refractivity contribution in [3.63, 3.8) is 0 Å². The van der Waals surface area contributed by atoms with Crippen molar-refractivity contribution in [3.05, 3.63) is 70.4 Å². The first kappa shape index (κ1) is 18.7. The van der Waals surface area contributed by atoms with E-state index in [4.69, 9.17) is 16.3 Å². The summed E-state index contributed by atoms with van der Waals surface area (Å²) in [7, 11) is 0. The number of carbonyl (C=O) groups is 3. The molecule has 7 heteroatoms. The molecule has 2 amide bonds. The summed E-state index contributed by atoms with van der Waals surface area (Å²) in [6.45, 7) is 3.79. The van der Waals surface area contributed by atoms with Crippen LogP contribution in [0.4, 0.5) is 11.4 Å². The van der Waals surface area contributed by atoms with Gasteiger partial charge in [0.25, 0.3) is 11.8 Å². The third-order valence-electron chi connectivity index (χ3n) is 3.99. The minimum Gasteiger partial charge on any atom is -0.462 e. The molecule has 6 nitrogen and oxygen atoms in total. The summed E-state index contributed by atoms with van der Waals surface area (Å²) in [6.07, 6.45) is 0. The lowest BCUT2D eigenvalue weighted by atomic mass is 10.1. The van der Waals surface area contributed by atoms with Crippen LogP contribution in [0.5, 0.6) is 0 Å². The highest BCUT2D eigenvalue weighted by molar-refractivity contribution is 6.53. The monoisotopic (exact) mass is 384 g/mol. The van der Waals surface area contributed by atoms with Gasteiger partial charge in [-0.1, -0.05) is 41.4 Å². The van der Waals surface area contributed by atoms with Crippen LogP contribution in [-0.2, 0) is 14.3 Å². The van der Waals surface area contributed by atoms with Crippen molar-refractivity contribution in [2.75, 3.05) is 16.8 Å². The van der Waals surface area contributed by atoms with Gasteiger partial charge in [0, 0.05) is 5.69 Å². The number of para-hydroxylation sites is 1. The van der Waals surface area contributed by atoms with Gasteiger partial charge in [-0.05, 0) is 38.1 Å². The summed E-state index contributed by atoms with van der Waals surface area (Å²) in [5, 5.41) is 2.65. The van der Waals surface area contributed by atoms with E-state index in [1.807, 2.05) is 19.1 Å². The van der Waals surface area contributed by atoms with Gasteiger partial charge in [-0.25, -0.2) is 9.69 Å². The van der Waals surface area contributed by atoms with Crippen LogP contribution >= 0.6 is 11.6 Å². The smallest absolute Gasteiger partial charge is 0.340 e. The maximum atomic E-state index is 12.9. The number of ether oxygens (including phenoxy) is 1. The Morgan fingerprint density at radius 1 is 1.07 bits per heavy atom. The molecule has 0 aliphatic carbocycles. The van der Waals surface area contributed by atoms with Gasteiger partial charge in [-0.3, -0.25) is 9.59 Å². The second kappa shape index (κ2) is 7.63. The highest BCUT2D eigenvalue weighted by Crippen LogP contribution is 2.32. The zero-order chi connectivity index (χ0) is 19.6. The maximum Gasteiger partial charge on any atom is 0.340 e. The molecule has 138 valence electrons. The van der Waals surface area contributed by atoms with E-state index in [9.17, 15) is 14.4 Å². The van der Waals surface area contributed by atoms with E-state index in [1.54, 1.807) is 31.2 Å². The number of anilines is 2. The Morgan fingerprint density at radius 2 is 1.74 bits per heavy atom. The lowest BCUT2D eigenvalue weighted by molar-refractivity contribution is -0.120. The number of hydrogen-bond donors (Lipinski definition) is 1. The quantitative estimate of drug-likeness (QED) is 0.629. The largest absolute Gasteiger partial charge is 0.462 e. The number of rotatable bonds is 5. The molecule has 1 N–H and O–H groups in total. The Labute approximate surface area is 161 Å². The fraction of sp³-hybridized carbons (Fsp3) is 0.150. The topological polar surface area (TPSA) is 75.7 Å². The van der Waals surface area contributed by atoms with E-state index in [0.717, 1.165) is 10.5 Å². The lowest BCUT2D eigenvalue weighted by Gasteiger charge is -2.18. The van der Waals surface area contributed by atoms with Crippen molar-refractivity contribution in [1.82, 2.24) is 0 Å². The third-order valence-corrected chi connectivity index (χ3v) is 4.34. The van der Waals surface area contributed by atoms with Crippen molar-refractivity contribution >= 4 is 40.8 Å². The number of amides is 2. The number of benzene rings is 2. The Hall–Kier alpha value is -3.12. The SMILES string of the molecule is CCOC(=O)c1ccccc1N1C(=O)C(Cl)=C(Nc2ccc(C)cc2)C1=O. The van der Waals surface area contributed by atoms with Gasteiger partial charge in [-0.2, -0.15) is 0 Å². The Bertz CT molecular complexity index is 951. The number of esters is 1. The van der Waals surface area contributed by atoms with Crippen LogP contribution in [0.15, 0.2) is 59.3 Å². The van der Waals surface area contributed by atoms with Gasteiger partial charge in [0.15, 0.2) is 0 Å². The second-order valence-corrected chi connectivity index (χ2v) is 6.24. The van der Waals surface area contributed by atoms with Crippen LogP contribution in [0, 0.1) is 6.92 Å². The zero-order valence-electron chi connectivity index (χ0n) is 14.8. The molecule has 0 atom stereocenters. The van der Waals surface area contributed by atoms with Gasteiger partial charge in [0.1, 0.15) is 10.7 Å². The summed E-state index contributed by atoms with van der Waals surface area (Å²) in [6, 6.07) is 13.5. The standard InChI is InChI=1S/C20H17ClN2O4/c1-3-27-20(26)14-6-4-5-7-15(14)23-18(24)16(21)17(19(23)25)22-13-10-8-12(2)9-11-13/h4-11,22H,3H2,1-2H3. The first-order valence-corrected chi connectivity index (χ1v) is 8.70. The normalized spacial score (nSPS) is 14.0. The fourth-order valence-corrected chi connectivity index (χ4v) is 2.87. The minimum absolute atomic E-state index is 0.0378. The number of hydrogen-bond acceptors (Lipinski definition) is 5. The molecular weight excluding hydrogens is 368 g/mol. The van der Waals surface area contributed by atoms with Gasteiger partial charge in [-0.15, -0.1) is 0 Å². The first-order chi connectivity index (χ1) is 12.9. The van der Waals surface area contributed by atoms with Crippen LogP contribution in [0.25, 0.3) is 0 Å². The predicted molar refractivity (Wildman–Crippen MR) is 103 cm³/mol. The molecule has 0 spiro atoms. The Morgan fingerprint density at radius 3 is 2.41 bits per heavy atom. The molecule has 0 aromatic heterocycles. The number of aryl methyl sites for hydroxylation is 1. The van der Waals surface area contributed by atoms with Crippen molar-refractivity contribution < 1.29 is 19.1 Å². The molecule has 0 radical (unpaired) electrons. The van der Waals surface area contributed by atoms with Crippen molar-refractivity contribution in [3.8, 4) is 0 Å². The van der Waals surface area contributed by atoms with E-state index in [-0.39, 0.29) is 28.6 Å². The van der Waals surface area contributed by atoms with Crippen molar-refractivity contribution in [2.24, 2.45) is 0 Å². The first-order valence-electron chi connectivity index (χ1n) is 8.32. The van der Waals surface area contributed by atoms with E-state index >= 15 is 0 Å². The number of carbonyl (C=O) groups excluding carboxylic acids is 3. The third kappa shape index (κ3) is 3.57. The second-order valence-electron chi connectivity index (χ2n) is 5.86. The summed E-state index contributed by atoms with van der Waals surface area (Å²) >= 11 is 6.13. The molecule has 1 heterocycles. The summed E-state index contributed by atoms with van der Waals surface area (Å²) < 4.78 is 5.01. The molecule has 0 unspecified atom stereocenters. The zero-order valence-corrected chi connectivity index (χ0v) is 15.5. The number of imide groups is 1. The average Bonchev–Trinajstić information content (AvgIpc) is 2.87. The average molecular weight is 385 g/mol. The molecule has 2 aromatic carbocycles. The van der Waals surface area contributed by atoms with Crippen LogP contribution in [0.3, 0.4) is 0 Å². The molecule has 0 saturated carbocycles. The van der Waals surface area contributed by atoms with E-state index in [2.05, 4.69) is 5.32 Å². The maximum absolute atomic E-state index is 12.9. The van der Waals surface area contributed by atoms with Crippen LogP contribution in [0.2, 0.25) is 0 Å². The number of halogens is 1. The summed E-state index contributed by atoms with van der Waals surface area (Å²) in [5.41, 5.74) is 1.88. The number of nitrogens with zero attached hydrogens (tertiary/aromatic N) is 1. The van der Waals surface area contributed by atoms with Crippen LogP contribution < -0.4 is 10.2 Å². The van der Waals surface area contributed by atoms with Gasteiger partial charge in [0.05, 0.1) is 17.9 Å².